The first-order valence-corrected chi connectivity index (χ1v) is 9.47. The van der Waals surface area contributed by atoms with Crippen LogP contribution in [-0.2, 0) is 9.59 Å². The maximum Gasteiger partial charge on any atom is 0.240 e. The van der Waals surface area contributed by atoms with E-state index in [9.17, 15) is 9.59 Å². The van der Waals surface area contributed by atoms with Crippen molar-refractivity contribution in [3.8, 4) is 0 Å². The predicted molar refractivity (Wildman–Crippen MR) is 110 cm³/mol. The number of carbonyl (C=O) groups is 2. The average molecular weight is 401 g/mol. The molecule has 0 radical (unpaired) electrons. The molecular formula is C19H17ClN4O2S. The Morgan fingerprint density at radius 2 is 1.89 bits per heavy atom. The van der Waals surface area contributed by atoms with Crippen LogP contribution in [0.15, 0.2) is 64.8 Å². The lowest BCUT2D eigenvalue weighted by atomic mass is 10.1. The Morgan fingerprint density at radius 3 is 2.59 bits per heavy atom. The highest BCUT2D eigenvalue weighted by Gasteiger charge is 2.32. The molecule has 8 heteroatoms. The molecule has 1 heterocycles. The number of carbonyl (C=O) groups excluding carboxylic acids is 2. The molecule has 1 aliphatic rings. The molecule has 2 amide bonds. The van der Waals surface area contributed by atoms with Gasteiger partial charge in [-0.25, -0.2) is 0 Å². The van der Waals surface area contributed by atoms with Gasteiger partial charge in [0, 0.05) is 17.1 Å². The number of hydrogen-bond donors (Lipinski definition) is 2. The Bertz CT molecular complexity index is 898. The molecule has 2 N–H and O–H groups in total. The Labute approximate surface area is 166 Å². The van der Waals surface area contributed by atoms with Gasteiger partial charge in [0.05, 0.1) is 5.71 Å². The zero-order valence-electron chi connectivity index (χ0n) is 14.5. The molecule has 1 aliphatic heterocycles. The number of nitrogens with one attached hydrogen (secondary N) is 2. The van der Waals surface area contributed by atoms with Crippen LogP contribution in [0.2, 0.25) is 5.02 Å². The molecular weight excluding hydrogens is 384 g/mol. The highest BCUT2D eigenvalue weighted by atomic mass is 35.5. The highest BCUT2D eigenvalue weighted by Crippen LogP contribution is 2.23. The summed E-state index contributed by atoms with van der Waals surface area (Å²) in [5.74, 6) is -0.507. The number of halogens is 1. The Hall–Kier alpha value is -2.64. The predicted octanol–water partition coefficient (Wildman–Crippen LogP) is 3.68. The largest absolute Gasteiger partial charge is 0.326 e. The molecule has 0 saturated carbocycles. The monoisotopic (exact) mass is 400 g/mol. The molecule has 0 aliphatic carbocycles. The fourth-order valence-electron chi connectivity index (χ4n) is 2.36. The summed E-state index contributed by atoms with van der Waals surface area (Å²) in [4.78, 5) is 24.2. The Morgan fingerprint density at radius 1 is 1.19 bits per heavy atom. The van der Waals surface area contributed by atoms with Gasteiger partial charge in [0.2, 0.25) is 11.8 Å². The van der Waals surface area contributed by atoms with Gasteiger partial charge in [0.25, 0.3) is 0 Å². The fraction of sp³-hybridized carbons (Fsp3) is 0.158. The second-order valence-electron chi connectivity index (χ2n) is 5.81. The Balaban J connectivity index is 1.58. The van der Waals surface area contributed by atoms with Crippen LogP contribution in [0, 0.1) is 0 Å². The van der Waals surface area contributed by atoms with Crippen LogP contribution in [0.3, 0.4) is 0 Å². The molecule has 138 valence electrons. The van der Waals surface area contributed by atoms with Crippen molar-refractivity contribution >= 4 is 51.7 Å². The number of rotatable bonds is 5. The SMILES string of the molecule is C/C(=N\N=C1\NC(=O)C(CC(=O)Nc2ccc(Cl)cc2)S1)c1ccccc1. The first-order valence-electron chi connectivity index (χ1n) is 8.22. The minimum atomic E-state index is -0.539. The molecule has 2 aromatic carbocycles. The summed E-state index contributed by atoms with van der Waals surface area (Å²) < 4.78 is 0. The van der Waals surface area contributed by atoms with Gasteiger partial charge in [0.15, 0.2) is 5.17 Å². The van der Waals surface area contributed by atoms with Crippen LogP contribution in [-0.4, -0.2) is 27.9 Å². The number of thioether (sulfide) groups is 1. The van der Waals surface area contributed by atoms with E-state index < -0.39 is 5.25 Å². The zero-order valence-corrected chi connectivity index (χ0v) is 16.1. The normalized spacial score (nSPS) is 18.4. The van der Waals surface area contributed by atoms with Crippen molar-refractivity contribution in [3.05, 3.63) is 65.2 Å². The summed E-state index contributed by atoms with van der Waals surface area (Å²) in [6, 6.07) is 16.4. The van der Waals surface area contributed by atoms with Crippen LogP contribution in [0.25, 0.3) is 0 Å². The molecule has 1 unspecified atom stereocenters. The van der Waals surface area contributed by atoms with Crippen molar-refractivity contribution in [3.63, 3.8) is 0 Å². The number of nitrogens with zero attached hydrogens (tertiary/aromatic N) is 2. The van der Waals surface area contributed by atoms with E-state index in [0.29, 0.717) is 15.9 Å². The summed E-state index contributed by atoms with van der Waals surface area (Å²) in [5, 5.41) is 14.1. The lowest BCUT2D eigenvalue weighted by molar-refractivity contribution is -0.122. The van der Waals surface area contributed by atoms with Gasteiger partial charge in [-0.3, -0.25) is 9.59 Å². The molecule has 27 heavy (non-hydrogen) atoms. The van der Waals surface area contributed by atoms with Crippen molar-refractivity contribution in [1.29, 1.82) is 0 Å². The van der Waals surface area contributed by atoms with Gasteiger partial charge >= 0.3 is 0 Å². The molecule has 1 atom stereocenters. The highest BCUT2D eigenvalue weighted by molar-refractivity contribution is 8.15. The summed E-state index contributed by atoms with van der Waals surface area (Å²) in [5.41, 5.74) is 2.32. The summed E-state index contributed by atoms with van der Waals surface area (Å²) >= 11 is 7.02. The van der Waals surface area contributed by atoms with Crippen molar-refractivity contribution in [2.75, 3.05) is 5.32 Å². The summed E-state index contributed by atoms with van der Waals surface area (Å²) in [7, 11) is 0. The Kier molecular flexibility index (Phi) is 6.26. The van der Waals surface area contributed by atoms with E-state index in [1.165, 1.54) is 11.8 Å². The zero-order chi connectivity index (χ0) is 19.2. The first kappa shape index (κ1) is 19.1. The van der Waals surface area contributed by atoms with E-state index in [1.807, 2.05) is 37.3 Å². The van der Waals surface area contributed by atoms with Crippen LogP contribution in [0.4, 0.5) is 5.69 Å². The van der Waals surface area contributed by atoms with Crippen molar-refractivity contribution in [1.82, 2.24) is 5.32 Å². The first-order chi connectivity index (χ1) is 13.0. The summed E-state index contributed by atoms with van der Waals surface area (Å²) in [6.45, 7) is 1.85. The van der Waals surface area contributed by atoms with Gasteiger partial charge in [0.1, 0.15) is 5.25 Å². The van der Waals surface area contributed by atoms with Gasteiger partial charge < -0.3 is 10.6 Å². The van der Waals surface area contributed by atoms with Gasteiger partial charge in [-0.05, 0) is 36.8 Å². The van der Waals surface area contributed by atoms with E-state index in [2.05, 4.69) is 20.8 Å². The molecule has 0 aromatic heterocycles. The van der Waals surface area contributed by atoms with Crippen LogP contribution < -0.4 is 10.6 Å². The van der Waals surface area contributed by atoms with Gasteiger partial charge in [-0.1, -0.05) is 53.7 Å². The van der Waals surface area contributed by atoms with Crippen molar-refractivity contribution < 1.29 is 9.59 Å². The fourth-order valence-corrected chi connectivity index (χ4v) is 3.40. The van der Waals surface area contributed by atoms with E-state index in [1.54, 1.807) is 24.3 Å². The standard InChI is InChI=1S/C19H17ClN4O2S/c1-12(13-5-3-2-4-6-13)23-24-19-22-18(26)16(27-19)11-17(25)21-15-9-7-14(20)8-10-15/h2-10,16H,11H2,1H3,(H,21,25)(H,22,24,26)/b23-12+. The van der Waals surface area contributed by atoms with Gasteiger partial charge in [-0.2, -0.15) is 5.10 Å². The lowest BCUT2D eigenvalue weighted by Crippen LogP contribution is -2.28. The molecule has 0 bridgehead atoms. The van der Waals surface area contributed by atoms with Crippen LogP contribution in [0.5, 0.6) is 0 Å². The molecule has 0 spiro atoms. The molecule has 1 saturated heterocycles. The number of benzene rings is 2. The van der Waals surface area contributed by atoms with E-state index in [4.69, 9.17) is 11.6 Å². The van der Waals surface area contributed by atoms with Crippen LogP contribution >= 0.6 is 23.4 Å². The van der Waals surface area contributed by atoms with Gasteiger partial charge in [-0.15, -0.1) is 5.10 Å². The summed E-state index contributed by atoms with van der Waals surface area (Å²) in [6.07, 6.45) is 0.0412. The topological polar surface area (TPSA) is 82.9 Å². The maximum atomic E-state index is 12.2. The third-order valence-electron chi connectivity index (χ3n) is 3.76. The lowest BCUT2D eigenvalue weighted by Gasteiger charge is -2.07. The molecule has 1 fully saturated rings. The minimum absolute atomic E-state index is 0.0412. The quantitative estimate of drug-likeness (QED) is 0.593. The third-order valence-corrected chi connectivity index (χ3v) is 5.08. The van der Waals surface area contributed by atoms with E-state index in [-0.39, 0.29) is 18.2 Å². The van der Waals surface area contributed by atoms with E-state index >= 15 is 0 Å². The number of amidine groups is 1. The van der Waals surface area contributed by atoms with E-state index in [0.717, 1.165) is 11.3 Å². The van der Waals surface area contributed by atoms with Crippen LogP contribution in [0.1, 0.15) is 18.9 Å². The second kappa shape index (κ2) is 8.83. The molecule has 6 nitrogen and oxygen atoms in total. The number of hydrogen-bond acceptors (Lipinski definition) is 5. The molecule has 3 rings (SSSR count). The average Bonchev–Trinajstić information content (AvgIpc) is 3.01. The molecule has 2 aromatic rings. The number of amides is 2. The maximum absolute atomic E-state index is 12.2. The second-order valence-corrected chi connectivity index (χ2v) is 7.44. The van der Waals surface area contributed by atoms with Crippen molar-refractivity contribution in [2.45, 2.75) is 18.6 Å². The smallest absolute Gasteiger partial charge is 0.240 e. The minimum Gasteiger partial charge on any atom is -0.326 e. The number of anilines is 1. The third kappa shape index (κ3) is 5.42. The van der Waals surface area contributed by atoms with Crippen molar-refractivity contribution in [2.24, 2.45) is 10.2 Å².